The Bertz CT molecular complexity index is 570. The lowest BCUT2D eigenvalue weighted by atomic mass is 9.87. The van der Waals surface area contributed by atoms with Gasteiger partial charge in [-0.15, -0.1) is 0 Å². The summed E-state index contributed by atoms with van der Waals surface area (Å²) in [6.45, 7) is -0.459. The molecule has 1 saturated heterocycles. The third-order valence-electron chi connectivity index (χ3n) is 3.11. The standard InChI is InChI=1S/C12H14F3NO3S/c13-12(14,15)20(18,10-4-2-1-3-5-10)16-6-11(7-17)8-19-9-11/h1-5,17H,6-9H2. The van der Waals surface area contributed by atoms with Crippen LogP contribution in [0, 0.1) is 5.41 Å². The van der Waals surface area contributed by atoms with Crippen molar-refractivity contribution in [2.45, 2.75) is 10.4 Å². The second-order valence-corrected chi connectivity index (χ2v) is 6.97. The molecule has 1 aromatic carbocycles. The van der Waals surface area contributed by atoms with Gasteiger partial charge in [-0.3, -0.25) is 0 Å². The third kappa shape index (κ3) is 2.68. The van der Waals surface area contributed by atoms with Gasteiger partial charge in [0.25, 0.3) is 0 Å². The van der Waals surface area contributed by atoms with Gasteiger partial charge in [0.05, 0.1) is 36.7 Å². The first-order valence-corrected chi connectivity index (χ1v) is 7.37. The Labute approximate surface area is 114 Å². The summed E-state index contributed by atoms with van der Waals surface area (Å²) in [6, 6.07) is 6.58. The average Bonchev–Trinajstić information content (AvgIpc) is 2.37. The molecule has 1 aromatic rings. The molecule has 8 heteroatoms. The van der Waals surface area contributed by atoms with Gasteiger partial charge in [0.2, 0.25) is 0 Å². The summed E-state index contributed by atoms with van der Waals surface area (Å²) in [5, 5.41) is 9.19. The molecule has 0 amide bonds. The zero-order valence-electron chi connectivity index (χ0n) is 10.5. The minimum Gasteiger partial charge on any atom is -0.396 e. The lowest BCUT2D eigenvalue weighted by Crippen LogP contribution is -2.48. The van der Waals surface area contributed by atoms with Crippen LogP contribution in [0.5, 0.6) is 0 Å². The van der Waals surface area contributed by atoms with Gasteiger partial charge >= 0.3 is 5.51 Å². The highest BCUT2D eigenvalue weighted by Crippen LogP contribution is 2.35. The SMILES string of the molecule is O=S(=NCC1(CO)COC1)(c1ccccc1)C(F)(F)F. The highest BCUT2D eigenvalue weighted by atomic mass is 32.2. The predicted octanol–water partition coefficient (Wildman–Crippen LogP) is 2.04. The summed E-state index contributed by atoms with van der Waals surface area (Å²) in [7, 11) is -4.55. The van der Waals surface area contributed by atoms with E-state index in [-0.39, 0.29) is 31.3 Å². The number of ether oxygens (including phenoxy) is 1. The van der Waals surface area contributed by atoms with Gasteiger partial charge in [0.15, 0.2) is 9.73 Å². The highest BCUT2D eigenvalue weighted by molar-refractivity contribution is 7.94. The molecule has 1 atom stereocenters. The molecule has 1 N–H and O–H groups in total. The number of alkyl halides is 3. The fourth-order valence-corrected chi connectivity index (χ4v) is 3.28. The number of halogens is 3. The molecule has 20 heavy (non-hydrogen) atoms. The molecule has 0 bridgehead atoms. The van der Waals surface area contributed by atoms with Crippen LogP contribution in [0.4, 0.5) is 13.2 Å². The van der Waals surface area contributed by atoms with Crippen LogP contribution in [0.2, 0.25) is 0 Å². The second-order valence-electron chi connectivity index (χ2n) is 4.72. The summed E-state index contributed by atoms with van der Waals surface area (Å²) in [5.41, 5.74) is -5.81. The number of rotatable bonds is 4. The number of aliphatic hydroxyl groups is 1. The first-order chi connectivity index (χ1) is 9.33. The van der Waals surface area contributed by atoms with Crippen LogP contribution in [0.25, 0.3) is 0 Å². The van der Waals surface area contributed by atoms with Gasteiger partial charge < -0.3 is 9.84 Å². The Morgan fingerprint density at radius 3 is 2.30 bits per heavy atom. The van der Waals surface area contributed by atoms with Crippen molar-refractivity contribution >= 4 is 9.73 Å². The van der Waals surface area contributed by atoms with Crippen molar-refractivity contribution in [3.63, 3.8) is 0 Å². The summed E-state index contributed by atoms with van der Waals surface area (Å²) in [5.74, 6) is 0. The Balaban J connectivity index is 2.41. The molecule has 1 unspecified atom stereocenters. The summed E-state index contributed by atoms with van der Waals surface area (Å²) >= 11 is 0. The van der Waals surface area contributed by atoms with Crippen LogP contribution in [0.1, 0.15) is 0 Å². The molecule has 1 heterocycles. The molecular formula is C12H14F3NO3S. The Hall–Kier alpha value is -1.12. The first-order valence-electron chi connectivity index (χ1n) is 5.86. The summed E-state index contributed by atoms with van der Waals surface area (Å²) < 4.78 is 60.0. The number of aliphatic hydroxyl groups excluding tert-OH is 1. The largest absolute Gasteiger partial charge is 0.483 e. The van der Waals surface area contributed by atoms with Crippen molar-refractivity contribution in [1.29, 1.82) is 0 Å². The number of nitrogens with zero attached hydrogens (tertiary/aromatic N) is 1. The molecule has 4 nitrogen and oxygen atoms in total. The average molecular weight is 309 g/mol. The zero-order valence-corrected chi connectivity index (χ0v) is 11.3. The van der Waals surface area contributed by atoms with E-state index < -0.39 is 20.7 Å². The quantitative estimate of drug-likeness (QED) is 0.926. The minimum atomic E-state index is -4.96. The fraction of sp³-hybridized carbons (Fsp3) is 0.500. The molecule has 1 aliphatic heterocycles. The Morgan fingerprint density at radius 2 is 1.90 bits per heavy atom. The van der Waals surface area contributed by atoms with Crippen molar-refractivity contribution in [2.75, 3.05) is 26.4 Å². The van der Waals surface area contributed by atoms with Crippen molar-refractivity contribution < 1.29 is 27.2 Å². The van der Waals surface area contributed by atoms with Crippen molar-refractivity contribution in [3.05, 3.63) is 30.3 Å². The lowest BCUT2D eigenvalue weighted by Gasteiger charge is -2.38. The van der Waals surface area contributed by atoms with E-state index >= 15 is 0 Å². The van der Waals surface area contributed by atoms with Crippen LogP contribution < -0.4 is 0 Å². The molecule has 0 aromatic heterocycles. The molecule has 0 radical (unpaired) electrons. The van der Waals surface area contributed by atoms with Gasteiger partial charge in [-0.2, -0.15) is 13.2 Å². The maximum Gasteiger partial charge on any atom is 0.483 e. The molecule has 2 rings (SSSR count). The fourth-order valence-electron chi connectivity index (χ4n) is 1.74. The Morgan fingerprint density at radius 1 is 1.30 bits per heavy atom. The number of hydrogen-bond donors (Lipinski definition) is 1. The van der Waals surface area contributed by atoms with Crippen LogP contribution >= 0.6 is 0 Å². The van der Waals surface area contributed by atoms with Gasteiger partial charge in [0.1, 0.15) is 0 Å². The second kappa shape index (κ2) is 5.34. The lowest BCUT2D eigenvalue weighted by molar-refractivity contribution is -0.130. The van der Waals surface area contributed by atoms with Gasteiger partial charge in [-0.05, 0) is 12.1 Å². The van der Waals surface area contributed by atoms with E-state index in [2.05, 4.69) is 4.36 Å². The van der Waals surface area contributed by atoms with E-state index in [1.165, 1.54) is 18.2 Å². The van der Waals surface area contributed by atoms with E-state index in [1.807, 2.05) is 0 Å². The van der Waals surface area contributed by atoms with Gasteiger partial charge in [0, 0.05) is 0 Å². The van der Waals surface area contributed by atoms with E-state index in [0.29, 0.717) is 0 Å². The molecule has 0 aliphatic carbocycles. The molecule has 1 fully saturated rings. The van der Waals surface area contributed by atoms with E-state index in [1.54, 1.807) is 0 Å². The van der Waals surface area contributed by atoms with Crippen molar-refractivity contribution in [3.8, 4) is 0 Å². The molecule has 0 saturated carbocycles. The molecule has 112 valence electrons. The zero-order chi connectivity index (χ0) is 14.9. The first kappa shape index (κ1) is 15.3. The third-order valence-corrected chi connectivity index (χ3v) is 5.14. The minimum absolute atomic E-state index is 0.120. The number of hydrogen-bond acceptors (Lipinski definition) is 4. The smallest absolute Gasteiger partial charge is 0.396 e. The molecular weight excluding hydrogens is 295 g/mol. The van der Waals surface area contributed by atoms with Crippen LogP contribution in [-0.2, 0) is 14.5 Å². The molecule has 1 aliphatic rings. The summed E-state index contributed by atoms with van der Waals surface area (Å²) in [6.07, 6.45) is 0. The maximum absolute atomic E-state index is 13.1. The van der Waals surface area contributed by atoms with Gasteiger partial charge in [-0.25, -0.2) is 8.57 Å². The summed E-state index contributed by atoms with van der Waals surface area (Å²) in [4.78, 5) is -0.374. The normalized spacial score (nSPS) is 20.8. The maximum atomic E-state index is 13.1. The predicted molar refractivity (Wildman–Crippen MR) is 66.5 cm³/mol. The number of benzene rings is 1. The van der Waals surface area contributed by atoms with E-state index in [4.69, 9.17) is 4.74 Å². The molecule has 0 spiro atoms. The highest BCUT2D eigenvalue weighted by Gasteiger charge is 2.46. The van der Waals surface area contributed by atoms with E-state index in [0.717, 1.165) is 12.1 Å². The van der Waals surface area contributed by atoms with Gasteiger partial charge in [-0.1, -0.05) is 18.2 Å². The van der Waals surface area contributed by atoms with Crippen LogP contribution in [-0.4, -0.2) is 41.2 Å². The van der Waals surface area contributed by atoms with Crippen molar-refractivity contribution in [2.24, 2.45) is 9.78 Å². The van der Waals surface area contributed by atoms with Crippen LogP contribution in [0.3, 0.4) is 0 Å². The monoisotopic (exact) mass is 309 g/mol. The van der Waals surface area contributed by atoms with E-state index in [9.17, 15) is 22.5 Å². The van der Waals surface area contributed by atoms with Crippen LogP contribution in [0.15, 0.2) is 39.6 Å². The Kier molecular flexibility index (Phi) is 4.08. The van der Waals surface area contributed by atoms with Crippen molar-refractivity contribution in [1.82, 2.24) is 0 Å². The topological polar surface area (TPSA) is 58.9 Å².